The van der Waals surface area contributed by atoms with Crippen LogP contribution in [0.5, 0.6) is 5.75 Å². The second-order valence-electron chi connectivity index (χ2n) is 8.13. The third-order valence-corrected chi connectivity index (χ3v) is 6.04. The number of nitrogens with zero attached hydrogens (tertiary/aromatic N) is 5. The molecule has 172 valence electrons. The highest BCUT2D eigenvalue weighted by molar-refractivity contribution is 5.84. The molecule has 1 aromatic heterocycles. The first-order valence-corrected chi connectivity index (χ1v) is 11.2. The van der Waals surface area contributed by atoms with E-state index in [0.717, 1.165) is 42.2 Å². The zero-order valence-corrected chi connectivity index (χ0v) is 19.5. The number of ether oxygens (including phenoxy) is 1. The Kier molecular flexibility index (Phi) is 8.03. The maximum absolute atomic E-state index is 12.9. The fourth-order valence-electron chi connectivity index (χ4n) is 3.85. The lowest BCUT2D eigenvalue weighted by Gasteiger charge is -2.30. The smallest absolute Gasteiger partial charge is 0.242 e. The summed E-state index contributed by atoms with van der Waals surface area (Å²) in [5, 5.41) is 8.82. The Balaban J connectivity index is 1.60. The minimum atomic E-state index is -0.0589. The molecule has 0 spiro atoms. The van der Waals surface area contributed by atoms with Crippen molar-refractivity contribution in [3.63, 3.8) is 0 Å². The normalized spacial score (nSPS) is 15.1. The van der Waals surface area contributed by atoms with Crippen molar-refractivity contribution in [2.75, 3.05) is 44.7 Å². The number of rotatable bonds is 7. The predicted octanol–water partition coefficient (Wildman–Crippen LogP) is 2.84. The molecular weight excluding hydrogens is 406 g/mol. The van der Waals surface area contributed by atoms with E-state index in [9.17, 15) is 9.59 Å². The van der Waals surface area contributed by atoms with Crippen LogP contribution in [0.1, 0.15) is 33.6 Å². The minimum absolute atomic E-state index is 0.00304. The van der Waals surface area contributed by atoms with Gasteiger partial charge in [-0.15, -0.1) is 10.2 Å². The molecule has 1 aromatic carbocycles. The van der Waals surface area contributed by atoms with Crippen molar-refractivity contribution in [3.8, 4) is 17.0 Å². The van der Waals surface area contributed by atoms with Gasteiger partial charge in [-0.05, 0) is 56.2 Å². The van der Waals surface area contributed by atoms with Crippen LogP contribution < -0.4 is 9.64 Å². The van der Waals surface area contributed by atoms with Gasteiger partial charge in [0.1, 0.15) is 5.75 Å². The number of carbonyl (C=O) groups excluding carboxylic acids is 2. The highest BCUT2D eigenvalue weighted by atomic mass is 16.5. The van der Waals surface area contributed by atoms with Crippen LogP contribution in [0.4, 0.5) is 5.82 Å². The molecule has 1 atom stereocenters. The predicted molar refractivity (Wildman–Crippen MR) is 125 cm³/mol. The first-order chi connectivity index (χ1) is 15.4. The van der Waals surface area contributed by atoms with Crippen LogP contribution in [-0.4, -0.2) is 77.7 Å². The molecule has 0 radical (unpaired) electrons. The molecule has 0 unspecified atom stereocenters. The molecule has 32 heavy (non-hydrogen) atoms. The quantitative estimate of drug-likeness (QED) is 0.660. The number of aromatic nitrogens is 2. The highest BCUT2D eigenvalue weighted by Crippen LogP contribution is 2.22. The third kappa shape index (κ3) is 5.75. The largest absolute Gasteiger partial charge is 0.497 e. The van der Waals surface area contributed by atoms with Crippen LogP contribution in [0.2, 0.25) is 0 Å². The minimum Gasteiger partial charge on any atom is -0.497 e. The molecule has 0 N–H and O–H groups in total. The maximum Gasteiger partial charge on any atom is 0.242 e. The van der Waals surface area contributed by atoms with Gasteiger partial charge in [0.25, 0.3) is 0 Å². The summed E-state index contributed by atoms with van der Waals surface area (Å²) >= 11 is 0. The van der Waals surface area contributed by atoms with Gasteiger partial charge in [-0.3, -0.25) is 9.59 Å². The average molecular weight is 440 g/mol. The van der Waals surface area contributed by atoms with E-state index in [-0.39, 0.29) is 24.4 Å². The Labute approximate surface area is 190 Å². The van der Waals surface area contributed by atoms with Gasteiger partial charge in [-0.2, -0.15) is 0 Å². The number of amides is 2. The van der Waals surface area contributed by atoms with Gasteiger partial charge in [0.05, 0.1) is 19.3 Å². The molecule has 8 nitrogen and oxygen atoms in total. The summed E-state index contributed by atoms with van der Waals surface area (Å²) in [4.78, 5) is 30.5. The van der Waals surface area contributed by atoms with Crippen LogP contribution in [0.15, 0.2) is 36.4 Å². The number of anilines is 1. The number of carbonyl (C=O) groups is 2. The molecule has 1 aliphatic rings. The second kappa shape index (κ2) is 10.9. The molecule has 1 fully saturated rings. The monoisotopic (exact) mass is 439 g/mol. The standard InChI is InChI=1S/C24H33N5O3/c1-5-18(2)29(19(3)30)17-24(31)28-14-6-13-27(15-16-28)23-12-11-22(25-26-23)20-7-9-21(32-4)10-8-20/h7-12,18H,5-6,13-17H2,1-4H3/t18-/m0/s1. The summed E-state index contributed by atoms with van der Waals surface area (Å²) in [6.07, 6.45) is 1.67. The number of hydrogen-bond acceptors (Lipinski definition) is 6. The Bertz CT molecular complexity index is 901. The van der Waals surface area contributed by atoms with Crippen LogP contribution in [0.3, 0.4) is 0 Å². The van der Waals surface area contributed by atoms with Gasteiger partial charge in [0.15, 0.2) is 5.82 Å². The van der Waals surface area contributed by atoms with Crippen molar-refractivity contribution in [1.29, 1.82) is 0 Å². The molecule has 0 aliphatic carbocycles. The van der Waals surface area contributed by atoms with Crippen molar-refractivity contribution in [3.05, 3.63) is 36.4 Å². The van der Waals surface area contributed by atoms with E-state index in [1.807, 2.05) is 55.1 Å². The zero-order chi connectivity index (χ0) is 23.1. The van der Waals surface area contributed by atoms with Crippen molar-refractivity contribution < 1.29 is 14.3 Å². The Hall–Kier alpha value is -3.16. The molecule has 2 amide bonds. The molecule has 0 saturated carbocycles. The van der Waals surface area contributed by atoms with Crippen molar-refractivity contribution in [2.24, 2.45) is 0 Å². The summed E-state index contributed by atoms with van der Waals surface area (Å²) in [7, 11) is 1.64. The van der Waals surface area contributed by atoms with Gasteiger partial charge in [0.2, 0.25) is 11.8 Å². The van der Waals surface area contributed by atoms with Gasteiger partial charge in [-0.1, -0.05) is 6.92 Å². The van der Waals surface area contributed by atoms with Crippen LogP contribution in [0, 0.1) is 0 Å². The van der Waals surface area contributed by atoms with Gasteiger partial charge < -0.3 is 19.4 Å². The van der Waals surface area contributed by atoms with Crippen molar-refractivity contribution in [2.45, 2.75) is 39.7 Å². The summed E-state index contributed by atoms with van der Waals surface area (Å²) in [5.74, 6) is 1.55. The highest BCUT2D eigenvalue weighted by Gasteiger charge is 2.24. The first-order valence-electron chi connectivity index (χ1n) is 11.2. The summed E-state index contributed by atoms with van der Waals surface area (Å²) < 4.78 is 5.20. The molecular formula is C24H33N5O3. The second-order valence-corrected chi connectivity index (χ2v) is 8.13. The molecule has 8 heteroatoms. The topological polar surface area (TPSA) is 78.9 Å². The van der Waals surface area contributed by atoms with E-state index in [1.54, 1.807) is 12.0 Å². The van der Waals surface area contributed by atoms with Gasteiger partial charge in [-0.25, -0.2) is 0 Å². The van der Waals surface area contributed by atoms with E-state index >= 15 is 0 Å². The third-order valence-electron chi connectivity index (χ3n) is 6.04. The number of methoxy groups -OCH3 is 1. The number of benzene rings is 1. The van der Waals surface area contributed by atoms with Gasteiger partial charge >= 0.3 is 0 Å². The molecule has 1 aliphatic heterocycles. The fourth-order valence-corrected chi connectivity index (χ4v) is 3.85. The fraction of sp³-hybridized carbons (Fsp3) is 0.500. The maximum atomic E-state index is 12.9. The lowest BCUT2D eigenvalue weighted by atomic mass is 10.1. The van der Waals surface area contributed by atoms with Crippen LogP contribution in [-0.2, 0) is 9.59 Å². The summed E-state index contributed by atoms with van der Waals surface area (Å²) in [6, 6.07) is 11.7. The molecule has 2 heterocycles. The molecule has 1 saturated heterocycles. The van der Waals surface area contributed by atoms with E-state index in [2.05, 4.69) is 15.1 Å². The van der Waals surface area contributed by atoms with Crippen LogP contribution in [0.25, 0.3) is 11.3 Å². The van der Waals surface area contributed by atoms with E-state index in [1.165, 1.54) is 6.92 Å². The van der Waals surface area contributed by atoms with Crippen molar-refractivity contribution >= 4 is 17.6 Å². The SMILES string of the molecule is CC[C@H](C)N(CC(=O)N1CCCN(c2ccc(-c3ccc(OC)cc3)nn2)CC1)C(C)=O. The van der Waals surface area contributed by atoms with Gasteiger partial charge in [0, 0.05) is 44.7 Å². The average Bonchev–Trinajstić information content (AvgIpc) is 3.08. The van der Waals surface area contributed by atoms with Crippen molar-refractivity contribution in [1.82, 2.24) is 20.0 Å². The molecule has 3 rings (SSSR count). The van der Waals surface area contributed by atoms with E-state index < -0.39 is 0 Å². The molecule has 0 bridgehead atoms. The lowest BCUT2D eigenvalue weighted by Crippen LogP contribution is -2.46. The Morgan fingerprint density at radius 3 is 2.41 bits per heavy atom. The number of hydrogen-bond donors (Lipinski definition) is 0. The summed E-state index contributed by atoms with van der Waals surface area (Å²) in [6.45, 7) is 8.45. The van der Waals surface area contributed by atoms with E-state index in [4.69, 9.17) is 4.74 Å². The first kappa shape index (κ1) is 23.5. The zero-order valence-electron chi connectivity index (χ0n) is 19.5. The van der Waals surface area contributed by atoms with E-state index in [0.29, 0.717) is 19.6 Å². The Morgan fingerprint density at radius 1 is 1.06 bits per heavy atom. The Morgan fingerprint density at radius 2 is 1.81 bits per heavy atom. The molecule has 2 aromatic rings. The summed E-state index contributed by atoms with van der Waals surface area (Å²) in [5.41, 5.74) is 1.78. The van der Waals surface area contributed by atoms with Crippen LogP contribution >= 0.6 is 0 Å². The lowest BCUT2D eigenvalue weighted by molar-refractivity contribution is -0.141.